The average molecular weight is 469 g/mol. The first-order valence-electron chi connectivity index (χ1n) is 10.8. The lowest BCUT2D eigenvalue weighted by Gasteiger charge is -2.33. The Morgan fingerprint density at radius 2 is 1.66 bits per heavy atom. The molecule has 3 aromatic carbocycles. The van der Waals surface area contributed by atoms with Gasteiger partial charge in [-0.3, -0.25) is 15.0 Å². The summed E-state index contributed by atoms with van der Waals surface area (Å²) in [7, 11) is 0. The molecule has 0 radical (unpaired) electrons. The van der Waals surface area contributed by atoms with Gasteiger partial charge in [-0.25, -0.2) is 9.79 Å². The zero-order valence-electron chi connectivity index (χ0n) is 19.4. The number of esters is 1. The molecular weight excluding hydrogens is 444 g/mol. The van der Waals surface area contributed by atoms with Gasteiger partial charge in [0.2, 0.25) is 0 Å². The van der Waals surface area contributed by atoms with E-state index in [0.29, 0.717) is 11.3 Å². The molecule has 0 aromatic heterocycles. The summed E-state index contributed by atoms with van der Waals surface area (Å²) in [5.41, 5.74) is 0.738. The van der Waals surface area contributed by atoms with Crippen LogP contribution in [0.15, 0.2) is 96.0 Å². The molecule has 0 aliphatic rings. The van der Waals surface area contributed by atoms with Gasteiger partial charge in [0.15, 0.2) is 6.19 Å². The van der Waals surface area contributed by atoms with Crippen LogP contribution in [-0.2, 0) is 4.74 Å². The summed E-state index contributed by atoms with van der Waals surface area (Å²) in [6.07, 6.45) is 5.63. The quantitative estimate of drug-likeness (QED) is 0.0791. The van der Waals surface area contributed by atoms with Crippen molar-refractivity contribution in [3.63, 3.8) is 0 Å². The predicted octanol–water partition coefficient (Wildman–Crippen LogP) is 5.76. The number of nitro benzene ring substituents is 1. The van der Waals surface area contributed by atoms with Gasteiger partial charge < -0.3 is 4.74 Å². The van der Waals surface area contributed by atoms with Crippen LogP contribution in [0.3, 0.4) is 0 Å². The predicted molar refractivity (Wildman–Crippen MR) is 134 cm³/mol. The summed E-state index contributed by atoms with van der Waals surface area (Å²) in [5.74, 6) is -0.212. The number of nitriles is 1. The van der Waals surface area contributed by atoms with Crippen LogP contribution in [0, 0.1) is 21.6 Å². The average Bonchev–Trinajstić information content (AvgIpc) is 2.87. The molecule has 0 fully saturated rings. The smallest absolute Gasteiger partial charge is 0.338 e. The molecule has 0 amide bonds. The highest BCUT2D eigenvalue weighted by molar-refractivity contribution is 5.99. The van der Waals surface area contributed by atoms with Gasteiger partial charge in [-0.2, -0.15) is 5.26 Å². The Balaban J connectivity index is 1.91. The molecular formula is C27H24N4O4. The first-order valence-corrected chi connectivity index (χ1v) is 10.8. The Morgan fingerprint density at radius 1 is 1.06 bits per heavy atom. The molecule has 0 unspecified atom stereocenters. The molecule has 0 aliphatic heterocycles. The van der Waals surface area contributed by atoms with Gasteiger partial charge in [0.05, 0.1) is 21.7 Å². The standard InChI is InChI=1S/C27H24N4O4/c1-27(2,19-35-26(32)22-11-7-4-8-12-22)30(20-28)25(18-13-21-9-5-3-6-10-21)29-23-14-16-24(17-15-23)31(33)34/h3-18H,19H2,1-2H3. The Labute approximate surface area is 203 Å². The normalized spacial score (nSPS) is 11.6. The van der Waals surface area contributed by atoms with E-state index in [1.165, 1.54) is 29.2 Å². The SMILES string of the molecule is CC(C)(COC(=O)c1ccccc1)N(C#N)C(C=Cc1ccccc1)=Nc1ccc([N+](=O)[O-])cc1. The van der Waals surface area contributed by atoms with Gasteiger partial charge >= 0.3 is 5.97 Å². The number of nitrogens with zero attached hydrogens (tertiary/aromatic N) is 4. The molecule has 176 valence electrons. The van der Waals surface area contributed by atoms with Crippen LogP contribution in [-0.4, -0.2) is 33.8 Å². The Morgan fingerprint density at radius 3 is 2.23 bits per heavy atom. The second-order valence-corrected chi connectivity index (χ2v) is 8.18. The van der Waals surface area contributed by atoms with Crippen molar-refractivity contribution >= 4 is 29.3 Å². The van der Waals surface area contributed by atoms with Crippen molar-refractivity contribution < 1.29 is 14.5 Å². The third kappa shape index (κ3) is 6.85. The molecule has 0 saturated carbocycles. The molecule has 0 heterocycles. The van der Waals surface area contributed by atoms with Gasteiger partial charge in [-0.05, 0) is 49.8 Å². The Hall–Kier alpha value is -4.77. The van der Waals surface area contributed by atoms with E-state index in [9.17, 15) is 20.2 Å². The number of carbonyl (C=O) groups excluding carboxylic acids is 1. The lowest BCUT2D eigenvalue weighted by atomic mass is 10.0. The van der Waals surface area contributed by atoms with E-state index in [0.717, 1.165) is 5.56 Å². The second kappa shape index (κ2) is 11.4. The van der Waals surface area contributed by atoms with Crippen LogP contribution in [0.1, 0.15) is 29.8 Å². The van der Waals surface area contributed by atoms with Crippen LogP contribution >= 0.6 is 0 Å². The number of ether oxygens (including phenoxy) is 1. The first-order chi connectivity index (χ1) is 16.8. The number of aliphatic imine (C=N–C) groups is 1. The molecule has 0 atom stereocenters. The number of amidine groups is 1. The number of rotatable bonds is 8. The van der Waals surface area contributed by atoms with E-state index in [1.807, 2.05) is 30.3 Å². The molecule has 35 heavy (non-hydrogen) atoms. The molecule has 3 aromatic rings. The van der Waals surface area contributed by atoms with E-state index < -0.39 is 16.4 Å². The molecule has 0 aliphatic carbocycles. The minimum absolute atomic E-state index is 0.0596. The van der Waals surface area contributed by atoms with Crippen LogP contribution < -0.4 is 0 Å². The second-order valence-electron chi connectivity index (χ2n) is 8.18. The van der Waals surface area contributed by atoms with Crippen molar-refractivity contribution in [2.45, 2.75) is 19.4 Å². The summed E-state index contributed by atoms with van der Waals surface area (Å²) < 4.78 is 5.50. The zero-order chi connectivity index (χ0) is 25.3. The minimum atomic E-state index is -0.945. The number of non-ortho nitro benzene ring substituents is 1. The van der Waals surface area contributed by atoms with Crippen LogP contribution in [0.5, 0.6) is 0 Å². The maximum atomic E-state index is 12.4. The van der Waals surface area contributed by atoms with E-state index >= 15 is 0 Å². The summed E-state index contributed by atoms with van der Waals surface area (Å²) in [4.78, 5) is 28.8. The number of hydrogen-bond acceptors (Lipinski definition) is 6. The molecule has 3 rings (SSSR count). The molecule has 0 bridgehead atoms. The Bertz CT molecular complexity index is 1260. The van der Waals surface area contributed by atoms with Crippen LogP contribution in [0.25, 0.3) is 6.08 Å². The number of benzene rings is 3. The third-order valence-electron chi connectivity index (χ3n) is 5.03. The summed E-state index contributed by atoms with van der Waals surface area (Å²) >= 11 is 0. The van der Waals surface area contributed by atoms with E-state index in [2.05, 4.69) is 11.2 Å². The monoisotopic (exact) mass is 468 g/mol. The van der Waals surface area contributed by atoms with Gasteiger partial charge in [-0.15, -0.1) is 0 Å². The fourth-order valence-electron chi connectivity index (χ4n) is 3.14. The summed E-state index contributed by atoms with van der Waals surface area (Å²) in [6, 6.07) is 23.8. The van der Waals surface area contributed by atoms with Crippen molar-refractivity contribution in [3.8, 4) is 6.19 Å². The minimum Gasteiger partial charge on any atom is -0.460 e. The molecule has 8 nitrogen and oxygen atoms in total. The molecule has 0 N–H and O–H groups in total. The maximum Gasteiger partial charge on any atom is 0.338 e. The number of nitro groups is 1. The number of carbonyl (C=O) groups is 1. The summed E-state index contributed by atoms with van der Waals surface area (Å²) in [6.45, 7) is 3.44. The van der Waals surface area contributed by atoms with E-state index in [1.54, 1.807) is 56.3 Å². The maximum absolute atomic E-state index is 12.4. The van der Waals surface area contributed by atoms with Crippen LogP contribution in [0.4, 0.5) is 11.4 Å². The van der Waals surface area contributed by atoms with Gasteiger partial charge in [-0.1, -0.05) is 54.6 Å². The third-order valence-corrected chi connectivity index (χ3v) is 5.03. The highest BCUT2D eigenvalue weighted by Gasteiger charge is 2.31. The van der Waals surface area contributed by atoms with Gasteiger partial charge in [0.25, 0.3) is 5.69 Å². The van der Waals surface area contributed by atoms with Crippen molar-refractivity contribution in [2.75, 3.05) is 6.61 Å². The summed E-state index contributed by atoms with van der Waals surface area (Å²) in [5, 5.41) is 21.0. The van der Waals surface area contributed by atoms with Crippen molar-refractivity contribution in [1.29, 1.82) is 5.26 Å². The van der Waals surface area contributed by atoms with E-state index in [-0.39, 0.29) is 18.1 Å². The highest BCUT2D eigenvalue weighted by Crippen LogP contribution is 2.22. The van der Waals surface area contributed by atoms with Crippen LogP contribution in [0.2, 0.25) is 0 Å². The fraction of sp³-hybridized carbons (Fsp3) is 0.148. The van der Waals surface area contributed by atoms with Gasteiger partial charge in [0.1, 0.15) is 12.4 Å². The topological polar surface area (TPSA) is 109 Å². The highest BCUT2D eigenvalue weighted by atomic mass is 16.6. The van der Waals surface area contributed by atoms with Crippen molar-refractivity contribution in [1.82, 2.24) is 4.90 Å². The molecule has 8 heteroatoms. The van der Waals surface area contributed by atoms with Crippen molar-refractivity contribution in [3.05, 3.63) is 112 Å². The largest absolute Gasteiger partial charge is 0.460 e. The van der Waals surface area contributed by atoms with Crippen molar-refractivity contribution in [2.24, 2.45) is 4.99 Å². The Kier molecular flexibility index (Phi) is 8.09. The molecule has 0 saturated heterocycles. The fourth-order valence-corrected chi connectivity index (χ4v) is 3.14. The lowest BCUT2D eigenvalue weighted by Crippen LogP contribution is -2.47. The first kappa shape index (κ1) is 24.9. The lowest BCUT2D eigenvalue weighted by molar-refractivity contribution is -0.384. The van der Waals surface area contributed by atoms with Gasteiger partial charge in [0, 0.05) is 12.1 Å². The van der Waals surface area contributed by atoms with E-state index in [4.69, 9.17) is 4.74 Å². The zero-order valence-corrected chi connectivity index (χ0v) is 19.4. The molecule has 0 spiro atoms. The number of hydrogen-bond donors (Lipinski definition) is 0.